The van der Waals surface area contributed by atoms with E-state index in [1.54, 1.807) is 17.1 Å². The van der Waals surface area contributed by atoms with E-state index in [4.69, 9.17) is 0 Å². The van der Waals surface area contributed by atoms with E-state index in [2.05, 4.69) is 4.98 Å². The number of aliphatic hydroxyl groups is 1. The van der Waals surface area contributed by atoms with Crippen LogP contribution in [0.1, 0.15) is 37.0 Å². The number of amides is 1. The largest absolute Gasteiger partial charge is 0.408 e. The van der Waals surface area contributed by atoms with Crippen LogP contribution in [0.5, 0.6) is 0 Å². The van der Waals surface area contributed by atoms with Gasteiger partial charge in [-0.1, -0.05) is 13.0 Å². The second-order valence-corrected chi connectivity index (χ2v) is 9.00. The van der Waals surface area contributed by atoms with Crippen molar-refractivity contribution in [2.45, 2.75) is 44.5 Å². The number of aromatic nitrogens is 2. The zero-order chi connectivity index (χ0) is 26.4. The van der Waals surface area contributed by atoms with Crippen LogP contribution in [0, 0.1) is 11.6 Å². The van der Waals surface area contributed by atoms with Crippen molar-refractivity contribution in [3.8, 4) is 5.69 Å². The average molecular weight is 510 g/mol. The van der Waals surface area contributed by atoms with Gasteiger partial charge in [-0.05, 0) is 44.0 Å². The van der Waals surface area contributed by atoms with Crippen LogP contribution in [0.2, 0.25) is 0 Å². The molecule has 0 saturated carbocycles. The van der Waals surface area contributed by atoms with Gasteiger partial charge < -0.3 is 15.3 Å². The first-order chi connectivity index (χ1) is 16.8. The van der Waals surface area contributed by atoms with Gasteiger partial charge in [0.15, 0.2) is 5.65 Å². The number of hydrogen-bond acceptors (Lipinski definition) is 5. The van der Waals surface area contributed by atoms with Crippen molar-refractivity contribution in [2.75, 3.05) is 18.0 Å². The summed E-state index contributed by atoms with van der Waals surface area (Å²) in [6, 6.07) is 3.55. The molecule has 1 aromatic carbocycles. The van der Waals surface area contributed by atoms with E-state index in [-0.39, 0.29) is 17.6 Å². The number of nitrogens with one attached hydrogen (secondary N) is 1. The molecule has 0 spiro atoms. The van der Waals surface area contributed by atoms with Gasteiger partial charge in [0.1, 0.15) is 34.7 Å². The SMILES string of the molecule is CC[C@@H](NC(=O)c1cn(-c2c(F)cccc2F)c2nc(N3CCC(C)(O)C3)ccc2c1=O)C(F)(F)F. The lowest BCUT2D eigenvalue weighted by molar-refractivity contribution is -0.153. The molecule has 7 nitrogen and oxygen atoms in total. The van der Waals surface area contributed by atoms with Crippen LogP contribution in [0.4, 0.5) is 27.8 Å². The first kappa shape index (κ1) is 25.5. The van der Waals surface area contributed by atoms with Gasteiger partial charge in [-0.3, -0.25) is 14.2 Å². The van der Waals surface area contributed by atoms with Crippen LogP contribution >= 0.6 is 0 Å². The molecular weight excluding hydrogens is 487 g/mol. The fourth-order valence-corrected chi connectivity index (χ4v) is 4.21. The molecule has 192 valence electrons. The molecule has 0 aliphatic carbocycles. The molecule has 1 amide bonds. The van der Waals surface area contributed by atoms with E-state index in [9.17, 15) is 36.6 Å². The maximum atomic E-state index is 14.8. The van der Waals surface area contributed by atoms with Crippen LogP contribution in [-0.2, 0) is 0 Å². The summed E-state index contributed by atoms with van der Waals surface area (Å²) in [6.07, 6.45) is -4.01. The van der Waals surface area contributed by atoms with Gasteiger partial charge in [0.05, 0.1) is 11.0 Å². The van der Waals surface area contributed by atoms with Crippen LogP contribution < -0.4 is 15.6 Å². The Labute approximate surface area is 202 Å². The Bertz CT molecular complexity index is 1370. The van der Waals surface area contributed by atoms with Gasteiger partial charge in [0, 0.05) is 19.3 Å². The number of β-amino-alcohol motifs (C(OH)–C–C–N with tert-alkyl or cyclic N) is 1. The summed E-state index contributed by atoms with van der Waals surface area (Å²) in [5.74, 6) is -3.10. The molecule has 1 aliphatic heterocycles. The highest BCUT2D eigenvalue weighted by molar-refractivity contribution is 5.97. The van der Waals surface area contributed by atoms with Gasteiger partial charge in [-0.15, -0.1) is 0 Å². The van der Waals surface area contributed by atoms with Gasteiger partial charge in [-0.25, -0.2) is 13.8 Å². The van der Waals surface area contributed by atoms with Crippen LogP contribution in [0.25, 0.3) is 16.7 Å². The zero-order valence-electron chi connectivity index (χ0n) is 19.4. The Morgan fingerprint density at radius 2 is 1.89 bits per heavy atom. The predicted octanol–water partition coefficient (Wildman–Crippen LogP) is 3.70. The van der Waals surface area contributed by atoms with Gasteiger partial charge in [0.25, 0.3) is 5.91 Å². The average Bonchev–Trinajstić information content (AvgIpc) is 3.17. The van der Waals surface area contributed by atoms with Gasteiger partial charge in [0.2, 0.25) is 5.43 Å². The molecule has 1 unspecified atom stereocenters. The normalized spacial score (nSPS) is 19.1. The number of pyridine rings is 2. The summed E-state index contributed by atoms with van der Waals surface area (Å²) in [5.41, 5.74) is -3.51. The molecule has 1 aliphatic rings. The molecule has 2 atom stereocenters. The van der Waals surface area contributed by atoms with Crippen LogP contribution in [0.15, 0.2) is 41.3 Å². The van der Waals surface area contributed by atoms with E-state index in [0.717, 1.165) is 29.0 Å². The third kappa shape index (κ3) is 4.77. The van der Waals surface area contributed by atoms with Crippen molar-refractivity contribution in [1.82, 2.24) is 14.9 Å². The topological polar surface area (TPSA) is 87.5 Å². The van der Waals surface area contributed by atoms with Crippen molar-refractivity contribution < 1.29 is 31.9 Å². The van der Waals surface area contributed by atoms with Crippen molar-refractivity contribution >= 4 is 22.8 Å². The van der Waals surface area contributed by atoms with Crippen molar-refractivity contribution in [1.29, 1.82) is 0 Å². The maximum absolute atomic E-state index is 14.8. The van der Waals surface area contributed by atoms with E-state index in [1.165, 1.54) is 19.1 Å². The van der Waals surface area contributed by atoms with Crippen LogP contribution in [-0.4, -0.2) is 51.5 Å². The van der Waals surface area contributed by atoms with E-state index >= 15 is 0 Å². The molecular formula is C24H23F5N4O3. The fourth-order valence-electron chi connectivity index (χ4n) is 4.21. The Morgan fingerprint density at radius 3 is 2.44 bits per heavy atom. The first-order valence-electron chi connectivity index (χ1n) is 11.2. The lowest BCUT2D eigenvalue weighted by Crippen LogP contribution is -2.46. The number of fused-ring (bicyclic) bond motifs is 1. The minimum Gasteiger partial charge on any atom is -0.388 e. The Morgan fingerprint density at radius 1 is 1.22 bits per heavy atom. The molecule has 1 fully saturated rings. The van der Waals surface area contributed by atoms with Gasteiger partial charge in [-0.2, -0.15) is 13.2 Å². The van der Waals surface area contributed by atoms with Crippen molar-refractivity contribution in [2.24, 2.45) is 0 Å². The van der Waals surface area contributed by atoms with Crippen molar-refractivity contribution in [3.63, 3.8) is 0 Å². The molecule has 0 radical (unpaired) electrons. The number of anilines is 1. The lowest BCUT2D eigenvalue weighted by atomic mass is 10.1. The van der Waals surface area contributed by atoms with E-state index in [1.807, 2.05) is 0 Å². The number of nitrogens with zero attached hydrogens (tertiary/aromatic N) is 3. The minimum absolute atomic E-state index is 0.201. The molecule has 36 heavy (non-hydrogen) atoms. The molecule has 2 N–H and O–H groups in total. The standard InChI is InChI=1S/C24H23F5N4O3/c1-3-17(24(27,28)29)30-22(35)14-11-33(19-15(25)5-4-6-16(19)26)21-13(20(14)34)7-8-18(31-21)32-10-9-23(2,36)12-32/h4-8,11,17,36H,3,9-10,12H2,1-2H3,(H,30,35)/t17-,23?/m1/s1. The number of hydrogen-bond donors (Lipinski definition) is 2. The molecule has 2 aromatic heterocycles. The molecule has 0 bridgehead atoms. The number of benzene rings is 1. The fraction of sp³-hybridized carbons (Fsp3) is 0.375. The van der Waals surface area contributed by atoms with Crippen LogP contribution in [0.3, 0.4) is 0 Å². The monoisotopic (exact) mass is 510 g/mol. The highest BCUT2D eigenvalue weighted by atomic mass is 19.4. The summed E-state index contributed by atoms with van der Waals surface area (Å²) >= 11 is 0. The molecule has 3 aromatic rings. The van der Waals surface area contributed by atoms with Crippen molar-refractivity contribution in [3.05, 3.63) is 63.9 Å². The summed E-state index contributed by atoms with van der Waals surface area (Å²) in [6.45, 7) is 3.52. The second kappa shape index (κ2) is 9.16. The summed E-state index contributed by atoms with van der Waals surface area (Å²) in [7, 11) is 0. The first-order valence-corrected chi connectivity index (χ1v) is 11.2. The predicted molar refractivity (Wildman–Crippen MR) is 122 cm³/mol. The number of para-hydroxylation sites is 1. The number of carbonyl (C=O) groups excluding carboxylic acids is 1. The molecule has 1 saturated heterocycles. The van der Waals surface area contributed by atoms with E-state index < -0.39 is 58.5 Å². The third-order valence-corrected chi connectivity index (χ3v) is 6.14. The molecule has 3 heterocycles. The lowest BCUT2D eigenvalue weighted by Gasteiger charge is -2.22. The quantitative estimate of drug-likeness (QED) is 0.512. The maximum Gasteiger partial charge on any atom is 0.408 e. The number of carbonyl (C=O) groups is 1. The summed E-state index contributed by atoms with van der Waals surface area (Å²) in [4.78, 5) is 32.0. The minimum atomic E-state index is -4.76. The number of halogens is 5. The Hall–Kier alpha value is -3.54. The van der Waals surface area contributed by atoms with E-state index in [0.29, 0.717) is 18.8 Å². The highest BCUT2D eigenvalue weighted by Crippen LogP contribution is 2.28. The second-order valence-electron chi connectivity index (χ2n) is 9.00. The Kier molecular flexibility index (Phi) is 6.50. The third-order valence-electron chi connectivity index (χ3n) is 6.14. The molecule has 4 rings (SSSR count). The number of rotatable bonds is 5. The van der Waals surface area contributed by atoms with Gasteiger partial charge >= 0.3 is 6.18 Å². The summed E-state index contributed by atoms with van der Waals surface area (Å²) < 4.78 is 70.0. The zero-order valence-corrected chi connectivity index (χ0v) is 19.4. The highest BCUT2D eigenvalue weighted by Gasteiger charge is 2.40. The summed E-state index contributed by atoms with van der Waals surface area (Å²) in [5, 5.41) is 11.8. The number of alkyl halides is 3. The Balaban J connectivity index is 1.92. The smallest absolute Gasteiger partial charge is 0.388 e. The molecule has 12 heteroatoms.